The Balaban J connectivity index is 2.01. The molecule has 1 fully saturated rings. The van der Waals surface area contributed by atoms with Crippen LogP contribution in [0.15, 0.2) is 24.3 Å². The number of anilines is 1. The van der Waals surface area contributed by atoms with Gasteiger partial charge in [-0.2, -0.15) is 0 Å². The van der Waals surface area contributed by atoms with Gasteiger partial charge in [-0.05, 0) is 37.7 Å². The number of nitrogens with zero attached hydrogens (tertiary/aromatic N) is 2. The summed E-state index contributed by atoms with van der Waals surface area (Å²) in [5.74, 6) is 0.00218. The van der Waals surface area contributed by atoms with Gasteiger partial charge in [0.25, 0.3) is 0 Å². The molecule has 1 aliphatic heterocycles. The minimum absolute atomic E-state index is 0.00218. The highest BCUT2D eigenvalue weighted by Gasteiger charge is 2.16. The van der Waals surface area contributed by atoms with E-state index in [0.29, 0.717) is 5.56 Å². The summed E-state index contributed by atoms with van der Waals surface area (Å²) in [6, 6.07) is 7.38. The van der Waals surface area contributed by atoms with Crippen LogP contribution in [0, 0.1) is 0 Å². The van der Waals surface area contributed by atoms with E-state index < -0.39 is 6.04 Å². The zero-order valence-corrected chi connectivity index (χ0v) is 11.8. The normalized spacial score (nSPS) is 18.4. The summed E-state index contributed by atoms with van der Waals surface area (Å²) < 4.78 is 0. The van der Waals surface area contributed by atoms with Crippen LogP contribution in [0.4, 0.5) is 5.69 Å². The van der Waals surface area contributed by atoms with Crippen molar-refractivity contribution in [1.82, 2.24) is 4.90 Å². The number of carbonyl (C=O) groups excluding carboxylic acids is 1. The first kappa shape index (κ1) is 14.0. The van der Waals surface area contributed by atoms with Crippen LogP contribution in [0.2, 0.25) is 0 Å². The van der Waals surface area contributed by atoms with Gasteiger partial charge in [0, 0.05) is 37.4 Å². The molecule has 0 amide bonds. The summed E-state index contributed by atoms with van der Waals surface area (Å²) in [5, 5.41) is 0. The van der Waals surface area contributed by atoms with Gasteiger partial charge in [0.2, 0.25) is 0 Å². The highest BCUT2D eigenvalue weighted by molar-refractivity contribution is 5.99. The van der Waals surface area contributed by atoms with Gasteiger partial charge >= 0.3 is 0 Å². The van der Waals surface area contributed by atoms with Crippen LogP contribution in [0.5, 0.6) is 0 Å². The first-order valence-corrected chi connectivity index (χ1v) is 6.99. The number of benzene rings is 1. The van der Waals surface area contributed by atoms with Crippen molar-refractivity contribution in [1.29, 1.82) is 0 Å². The van der Waals surface area contributed by atoms with E-state index in [4.69, 9.17) is 5.73 Å². The van der Waals surface area contributed by atoms with Crippen LogP contribution < -0.4 is 10.6 Å². The van der Waals surface area contributed by atoms with Crippen molar-refractivity contribution in [2.45, 2.75) is 19.9 Å². The van der Waals surface area contributed by atoms with Crippen molar-refractivity contribution in [2.75, 3.05) is 37.6 Å². The van der Waals surface area contributed by atoms with E-state index in [1.54, 1.807) is 6.92 Å². The average Bonchev–Trinajstić information content (AvgIpc) is 2.46. The number of hydrogen-bond donors (Lipinski definition) is 1. The summed E-state index contributed by atoms with van der Waals surface area (Å²) in [5.41, 5.74) is 7.51. The lowest BCUT2D eigenvalue weighted by Crippen LogP contribution is -2.46. The smallest absolute Gasteiger partial charge is 0.179 e. The largest absolute Gasteiger partial charge is 0.369 e. The molecule has 1 aromatic rings. The van der Waals surface area contributed by atoms with Crippen molar-refractivity contribution in [2.24, 2.45) is 5.73 Å². The number of piperazine rings is 1. The summed E-state index contributed by atoms with van der Waals surface area (Å²) in [7, 11) is 0. The maximum atomic E-state index is 11.8. The van der Waals surface area contributed by atoms with Crippen molar-refractivity contribution in [3.8, 4) is 0 Å². The Hall–Kier alpha value is -1.39. The first-order valence-electron chi connectivity index (χ1n) is 6.99. The number of carbonyl (C=O) groups is 1. The Bertz CT molecular complexity index is 420. The molecule has 1 saturated heterocycles. The molecule has 0 saturated carbocycles. The number of nitrogens with two attached hydrogens (primary N) is 1. The molecule has 4 heteroatoms. The molecule has 4 nitrogen and oxygen atoms in total. The van der Waals surface area contributed by atoms with Crippen LogP contribution in [0.1, 0.15) is 24.2 Å². The second-order valence-corrected chi connectivity index (χ2v) is 5.12. The second-order valence-electron chi connectivity index (χ2n) is 5.12. The van der Waals surface area contributed by atoms with Crippen molar-refractivity contribution < 1.29 is 4.79 Å². The molecule has 0 aliphatic carbocycles. The van der Waals surface area contributed by atoms with E-state index in [1.807, 2.05) is 24.3 Å². The van der Waals surface area contributed by atoms with Gasteiger partial charge in [0.15, 0.2) is 5.78 Å². The molecule has 0 bridgehead atoms. The summed E-state index contributed by atoms with van der Waals surface area (Å²) >= 11 is 0. The molecule has 1 heterocycles. The maximum Gasteiger partial charge on any atom is 0.179 e. The molecule has 1 aliphatic rings. The molecular weight excluding hydrogens is 238 g/mol. The van der Waals surface area contributed by atoms with Gasteiger partial charge in [-0.1, -0.05) is 6.92 Å². The summed E-state index contributed by atoms with van der Waals surface area (Å²) in [6.07, 6.45) is 0. The van der Waals surface area contributed by atoms with Gasteiger partial charge in [0.05, 0.1) is 6.04 Å². The minimum Gasteiger partial charge on any atom is -0.369 e. The van der Waals surface area contributed by atoms with E-state index in [0.717, 1.165) is 32.7 Å². The van der Waals surface area contributed by atoms with Crippen LogP contribution in [0.3, 0.4) is 0 Å². The number of hydrogen-bond acceptors (Lipinski definition) is 4. The fourth-order valence-corrected chi connectivity index (χ4v) is 2.42. The molecule has 0 radical (unpaired) electrons. The average molecular weight is 261 g/mol. The molecule has 1 atom stereocenters. The molecule has 2 N–H and O–H groups in total. The number of ketones is 1. The quantitative estimate of drug-likeness (QED) is 0.831. The Morgan fingerprint density at radius 3 is 2.26 bits per heavy atom. The SMILES string of the molecule is CCN1CCN(c2ccc(C(=O)C(C)N)cc2)CC1. The zero-order chi connectivity index (χ0) is 13.8. The zero-order valence-electron chi connectivity index (χ0n) is 11.8. The van der Waals surface area contributed by atoms with Crippen LogP contribution in [-0.2, 0) is 0 Å². The van der Waals surface area contributed by atoms with Gasteiger partial charge in [-0.15, -0.1) is 0 Å². The number of likely N-dealkylation sites (N-methyl/N-ethyl adjacent to an activating group) is 1. The molecule has 19 heavy (non-hydrogen) atoms. The lowest BCUT2D eigenvalue weighted by atomic mass is 10.1. The maximum absolute atomic E-state index is 11.8. The van der Waals surface area contributed by atoms with E-state index in [1.165, 1.54) is 5.69 Å². The van der Waals surface area contributed by atoms with Crippen LogP contribution in [-0.4, -0.2) is 49.4 Å². The highest BCUT2D eigenvalue weighted by atomic mass is 16.1. The van der Waals surface area contributed by atoms with E-state index in [9.17, 15) is 4.79 Å². The number of Topliss-reactive ketones (excluding diaryl/α,β-unsaturated/α-hetero) is 1. The van der Waals surface area contributed by atoms with Gasteiger partial charge in [0.1, 0.15) is 0 Å². The third-order valence-electron chi connectivity index (χ3n) is 3.75. The van der Waals surface area contributed by atoms with Crippen LogP contribution in [0.25, 0.3) is 0 Å². The van der Waals surface area contributed by atoms with E-state index in [2.05, 4.69) is 16.7 Å². The second kappa shape index (κ2) is 6.17. The Kier molecular flexibility index (Phi) is 4.56. The van der Waals surface area contributed by atoms with Gasteiger partial charge in [-0.25, -0.2) is 0 Å². The summed E-state index contributed by atoms with van der Waals surface area (Å²) in [4.78, 5) is 16.6. The van der Waals surface area contributed by atoms with Gasteiger partial charge < -0.3 is 15.5 Å². The molecule has 1 unspecified atom stereocenters. The lowest BCUT2D eigenvalue weighted by molar-refractivity contribution is 0.0968. The Morgan fingerprint density at radius 2 is 1.79 bits per heavy atom. The molecule has 0 aromatic heterocycles. The fraction of sp³-hybridized carbons (Fsp3) is 0.533. The molecule has 104 valence electrons. The summed E-state index contributed by atoms with van der Waals surface area (Å²) in [6.45, 7) is 9.36. The van der Waals surface area contributed by atoms with E-state index in [-0.39, 0.29) is 5.78 Å². The third-order valence-corrected chi connectivity index (χ3v) is 3.75. The molecular formula is C15H23N3O. The Morgan fingerprint density at radius 1 is 1.21 bits per heavy atom. The molecule has 2 rings (SSSR count). The van der Waals surface area contributed by atoms with Crippen LogP contribution >= 0.6 is 0 Å². The molecule has 1 aromatic carbocycles. The molecule has 0 spiro atoms. The lowest BCUT2D eigenvalue weighted by Gasteiger charge is -2.35. The highest BCUT2D eigenvalue weighted by Crippen LogP contribution is 2.17. The minimum atomic E-state index is -0.432. The topological polar surface area (TPSA) is 49.6 Å². The van der Waals surface area contributed by atoms with Crippen molar-refractivity contribution in [3.63, 3.8) is 0 Å². The van der Waals surface area contributed by atoms with Gasteiger partial charge in [-0.3, -0.25) is 4.79 Å². The third kappa shape index (κ3) is 3.33. The predicted molar refractivity (Wildman–Crippen MR) is 78.7 cm³/mol. The van der Waals surface area contributed by atoms with Crippen molar-refractivity contribution >= 4 is 11.5 Å². The standard InChI is InChI=1S/C15H23N3O/c1-3-17-8-10-18(11-9-17)14-6-4-13(5-7-14)15(19)12(2)16/h4-7,12H,3,8-11,16H2,1-2H3. The number of rotatable bonds is 4. The predicted octanol–water partition coefficient (Wildman–Crippen LogP) is 1.36. The van der Waals surface area contributed by atoms with Crippen molar-refractivity contribution in [3.05, 3.63) is 29.8 Å². The monoisotopic (exact) mass is 261 g/mol. The van der Waals surface area contributed by atoms with E-state index >= 15 is 0 Å². The Labute approximate surface area is 115 Å². The first-order chi connectivity index (χ1) is 9.11. The fourth-order valence-electron chi connectivity index (χ4n) is 2.42.